The molecule has 0 radical (unpaired) electrons. The van der Waals surface area contributed by atoms with Gasteiger partial charge in [0.15, 0.2) is 11.9 Å². The van der Waals surface area contributed by atoms with Gasteiger partial charge in [-0.1, -0.05) is 11.6 Å². The van der Waals surface area contributed by atoms with Crippen molar-refractivity contribution in [3.63, 3.8) is 0 Å². The molecule has 17 heavy (non-hydrogen) atoms. The van der Waals surface area contributed by atoms with Gasteiger partial charge in [0.05, 0.1) is 19.9 Å². The first-order valence-corrected chi connectivity index (χ1v) is 5.02. The van der Waals surface area contributed by atoms with E-state index < -0.39 is 12.1 Å². The molecule has 0 aliphatic carbocycles. The Morgan fingerprint density at radius 3 is 2.88 bits per heavy atom. The minimum absolute atomic E-state index is 0.0335. The third-order valence-electron chi connectivity index (χ3n) is 1.92. The van der Waals surface area contributed by atoms with Crippen molar-refractivity contribution in [1.29, 1.82) is 0 Å². The zero-order chi connectivity index (χ0) is 12.8. The minimum Gasteiger partial charge on any atom is -0.479 e. The van der Waals surface area contributed by atoms with Crippen LogP contribution in [0.3, 0.4) is 0 Å². The van der Waals surface area contributed by atoms with E-state index in [1.165, 1.54) is 20.4 Å². The molecule has 1 aromatic heterocycles. The molecule has 2 N–H and O–H groups in total. The lowest BCUT2D eigenvalue weighted by atomic mass is 10.3. The lowest BCUT2D eigenvalue weighted by Gasteiger charge is -2.12. The quantitative estimate of drug-likeness (QED) is 0.776. The highest BCUT2D eigenvalue weighted by atomic mass is 35.5. The van der Waals surface area contributed by atoms with E-state index in [9.17, 15) is 4.79 Å². The summed E-state index contributed by atoms with van der Waals surface area (Å²) in [5.74, 6) is -0.779. The Balaban J connectivity index is 2.70. The number of nitrogens with one attached hydrogen (secondary N) is 1. The first-order chi connectivity index (χ1) is 8.08. The van der Waals surface area contributed by atoms with Gasteiger partial charge in [-0.15, -0.1) is 0 Å². The third-order valence-corrected chi connectivity index (χ3v) is 2.20. The van der Waals surface area contributed by atoms with Crippen molar-refractivity contribution >= 4 is 23.4 Å². The molecule has 0 fully saturated rings. The van der Waals surface area contributed by atoms with Crippen LogP contribution in [0, 0.1) is 0 Å². The van der Waals surface area contributed by atoms with Gasteiger partial charge in [-0.25, -0.2) is 9.78 Å². The van der Waals surface area contributed by atoms with Crippen molar-refractivity contribution < 1.29 is 19.4 Å². The van der Waals surface area contributed by atoms with Gasteiger partial charge in [-0.05, 0) is 0 Å². The van der Waals surface area contributed by atoms with Crippen molar-refractivity contribution in [2.75, 3.05) is 26.1 Å². The zero-order valence-corrected chi connectivity index (χ0v) is 10.1. The van der Waals surface area contributed by atoms with Crippen molar-refractivity contribution in [1.82, 2.24) is 9.97 Å². The topological polar surface area (TPSA) is 93.6 Å². The van der Waals surface area contributed by atoms with Gasteiger partial charge in [0.1, 0.15) is 5.02 Å². The Morgan fingerprint density at radius 1 is 1.65 bits per heavy atom. The van der Waals surface area contributed by atoms with E-state index in [1.807, 2.05) is 0 Å². The number of hydrogen-bond donors (Lipinski definition) is 2. The lowest BCUT2D eigenvalue weighted by molar-refractivity contribution is -0.147. The molecule has 7 nitrogen and oxygen atoms in total. The van der Waals surface area contributed by atoms with Crippen LogP contribution in [0.2, 0.25) is 5.02 Å². The molecule has 94 valence electrons. The van der Waals surface area contributed by atoms with Gasteiger partial charge in [-0.2, -0.15) is 4.98 Å². The summed E-state index contributed by atoms with van der Waals surface area (Å²) in [5, 5.41) is 11.8. The van der Waals surface area contributed by atoms with E-state index in [0.29, 0.717) is 5.82 Å². The summed E-state index contributed by atoms with van der Waals surface area (Å²) in [6.45, 7) is 0.0335. The summed E-state index contributed by atoms with van der Waals surface area (Å²) in [6.07, 6.45) is 0.380. The van der Waals surface area contributed by atoms with Crippen LogP contribution >= 0.6 is 11.6 Å². The number of carboxylic acid groups (broad SMARTS) is 1. The largest absolute Gasteiger partial charge is 0.479 e. The van der Waals surface area contributed by atoms with E-state index in [2.05, 4.69) is 15.3 Å². The van der Waals surface area contributed by atoms with Crippen molar-refractivity contribution in [3.8, 4) is 6.01 Å². The number of carbonyl (C=O) groups is 1. The average molecular weight is 262 g/mol. The number of hydrogen-bond acceptors (Lipinski definition) is 6. The average Bonchev–Trinajstić information content (AvgIpc) is 2.31. The Bertz CT molecular complexity index is 402. The number of methoxy groups -OCH3 is 2. The fraction of sp³-hybridized carbons (Fsp3) is 0.444. The summed E-state index contributed by atoms with van der Waals surface area (Å²) < 4.78 is 9.57. The summed E-state index contributed by atoms with van der Waals surface area (Å²) in [6, 6.07) is 0.140. The maximum Gasteiger partial charge on any atom is 0.334 e. The Kier molecular flexibility index (Phi) is 4.92. The van der Waals surface area contributed by atoms with Crippen LogP contribution in [0.5, 0.6) is 6.01 Å². The van der Waals surface area contributed by atoms with E-state index in [4.69, 9.17) is 26.2 Å². The third kappa shape index (κ3) is 3.72. The molecule has 0 amide bonds. The molecular weight excluding hydrogens is 250 g/mol. The van der Waals surface area contributed by atoms with Crippen molar-refractivity contribution in [2.45, 2.75) is 6.10 Å². The molecular formula is C9H12ClN3O4. The fourth-order valence-electron chi connectivity index (χ4n) is 1.03. The van der Waals surface area contributed by atoms with Crippen LogP contribution in [0.15, 0.2) is 6.20 Å². The van der Waals surface area contributed by atoms with Crippen molar-refractivity contribution in [2.24, 2.45) is 0 Å². The van der Waals surface area contributed by atoms with Gasteiger partial charge >= 0.3 is 12.0 Å². The van der Waals surface area contributed by atoms with Crippen LogP contribution in [0.1, 0.15) is 0 Å². The second-order valence-corrected chi connectivity index (χ2v) is 3.40. The molecule has 0 bridgehead atoms. The predicted molar refractivity (Wildman–Crippen MR) is 60.5 cm³/mol. The number of ether oxygens (including phenoxy) is 2. The predicted octanol–water partition coefficient (Wildman–Crippen LogP) is 0.650. The summed E-state index contributed by atoms with van der Waals surface area (Å²) >= 11 is 5.83. The minimum atomic E-state index is -1.07. The second kappa shape index (κ2) is 6.21. The number of rotatable bonds is 6. The Hall–Kier alpha value is -1.60. The SMILES string of the molecule is COc1ncc(Cl)c(NCC(OC)C(=O)O)n1. The molecule has 8 heteroatoms. The van der Waals surface area contributed by atoms with E-state index in [1.54, 1.807) is 0 Å². The molecule has 0 aliphatic rings. The molecule has 1 atom stereocenters. The number of carboxylic acids is 1. The smallest absolute Gasteiger partial charge is 0.334 e. The lowest BCUT2D eigenvalue weighted by Crippen LogP contribution is -2.30. The molecule has 1 rings (SSSR count). The molecule has 0 saturated heterocycles. The standard InChI is InChI=1S/C9H12ClN3O4/c1-16-6(8(14)15)4-11-7-5(10)3-12-9(13-7)17-2/h3,6H,4H2,1-2H3,(H,14,15)(H,11,12,13). The van der Waals surface area contributed by atoms with Gasteiger partial charge in [-0.3, -0.25) is 0 Å². The Labute approximate surface area is 103 Å². The highest BCUT2D eigenvalue weighted by molar-refractivity contribution is 6.32. The van der Waals surface area contributed by atoms with E-state index >= 15 is 0 Å². The second-order valence-electron chi connectivity index (χ2n) is 3.00. The van der Waals surface area contributed by atoms with Crippen molar-refractivity contribution in [3.05, 3.63) is 11.2 Å². The fourth-order valence-corrected chi connectivity index (χ4v) is 1.19. The molecule has 1 heterocycles. The summed E-state index contributed by atoms with van der Waals surface area (Å²) in [5.41, 5.74) is 0. The number of nitrogens with zero attached hydrogens (tertiary/aromatic N) is 2. The first-order valence-electron chi connectivity index (χ1n) is 4.64. The molecule has 0 aromatic carbocycles. The van der Waals surface area contributed by atoms with Crippen LogP contribution in [0.4, 0.5) is 5.82 Å². The molecule has 0 aliphatic heterocycles. The highest BCUT2D eigenvalue weighted by Crippen LogP contribution is 2.19. The number of aromatic nitrogens is 2. The molecule has 0 spiro atoms. The van der Waals surface area contributed by atoms with Gasteiger partial charge in [0, 0.05) is 7.11 Å². The van der Waals surface area contributed by atoms with Crippen LogP contribution in [-0.4, -0.2) is 47.9 Å². The van der Waals surface area contributed by atoms with Crippen LogP contribution < -0.4 is 10.1 Å². The summed E-state index contributed by atoms with van der Waals surface area (Å²) in [4.78, 5) is 18.4. The normalized spacial score (nSPS) is 11.9. The van der Waals surface area contributed by atoms with Crippen LogP contribution in [-0.2, 0) is 9.53 Å². The van der Waals surface area contributed by atoms with E-state index in [0.717, 1.165) is 0 Å². The maximum absolute atomic E-state index is 10.7. The summed E-state index contributed by atoms with van der Waals surface area (Å²) in [7, 11) is 2.73. The maximum atomic E-state index is 10.7. The highest BCUT2D eigenvalue weighted by Gasteiger charge is 2.17. The van der Waals surface area contributed by atoms with Gasteiger partial charge in [0.25, 0.3) is 0 Å². The Morgan fingerprint density at radius 2 is 2.35 bits per heavy atom. The van der Waals surface area contributed by atoms with Gasteiger partial charge < -0.3 is 19.9 Å². The van der Waals surface area contributed by atoms with Gasteiger partial charge in [0.2, 0.25) is 0 Å². The molecule has 1 aromatic rings. The number of aliphatic carboxylic acids is 1. The first kappa shape index (κ1) is 13.5. The monoisotopic (exact) mass is 261 g/mol. The zero-order valence-electron chi connectivity index (χ0n) is 9.31. The van der Waals surface area contributed by atoms with Crippen LogP contribution in [0.25, 0.3) is 0 Å². The van der Waals surface area contributed by atoms with E-state index in [-0.39, 0.29) is 17.6 Å². The molecule has 1 unspecified atom stereocenters. The number of halogens is 1. The molecule has 0 saturated carbocycles. The number of anilines is 1.